The average molecular weight is 504 g/mol. The Morgan fingerprint density at radius 3 is 1.14 bits per heavy atom. The molecular weight excluding hydrogens is 442 g/mol. The molecule has 35 heavy (non-hydrogen) atoms. The molecule has 0 saturated carbocycles. The molecule has 212 valence electrons. The van der Waals surface area contributed by atoms with Crippen molar-refractivity contribution in [1.29, 1.82) is 0 Å². The van der Waals surface area contributed by atoms with Crippen molar-refractivity contribution in [3.63, 3.8) is 0 Å². The summed E-state index contributed by atoms with van der Waals surface area (Å²) in [5, 5.41) is 47.8. The summed E-state index contributed by atoms with van der Waals surface area (Å²) in [7, 11) is 1.88. The second-order valence-corrected chi connectivity index (χ2v) is 10.8. The Morgan fingerprint density at radius 1 is 0.486 bits per heavy atom. The largest absolute Gasteiger partial charge is 0.394 e. The summed E-state index contributed by atoms with van der Waals surface area (Å²) in [5.41, 5.74) is 0. The summed E-state index contributed by atoms with van der Waals surface area (Å²) in [5.74, 6) is 0. The smallest absolute Gasteiger partial charge is 0.111 e. The molecule has 0 aliphatic rings. The van der Waals surface area contributed by atoms with Crippen LogP contribution in [0.25, 0.3) is 0 Å². The van der Waals surface area contributed by atoms with Gasteiger partial charge in [0.25, 0.3) is 0 Å². The topological polar surface area (TPSA) is 104 Å². The molecule has 0 bridgehead atoms. The summed E-state index contributed by atoms with van der Waals surface area (Å²) >= 11 is 0. The van der Waals surface area contributed by atoms with Crippen molar-refractivity contribution in [3.05, 3.63) is 0 Å². The van der Waals surface area contributed by atoms with Crippen LogP contribution >= 0.6 is 0 Å². The minimum Gasteiger partial charge on any atom is -0.394 e. The second kappa shape index (κ2) is 25.4. The molecule has 0 radical (unpaired) electrons. The van der Waals surface area contributed by atoms with E-state index >= 15 is 0 Å². The molecule has 0 aliphatic heterocycles. The lowest BCUT2D eigenvalue weighted by Gasteiger charge is -2.28. The molecule has 0 spiro atoms. The zero-order valence-electron chi connectivity index (χ0n) is 23.3. The zero-order chi connectivity index (χ0) is 26.2. The second-order valence-electron chi connectivity index (χ2n) is 10.8. The zero-order valence-corrected chi connectivity index (χ0v) is 23.3. The van der Waals surface area contributed by atoms with E-state index in [1.165, 1.54) is 116 Å². The van der Waals surface area contributed by atoms with Gasteiger partial charge < -0.3 is 30.4 Å². The molecule has 0 amide bonds. The van der Waals surface area contributed by atoms with E-state index < -0.39 is 31.0 Å². The lowest BCUT2D eigenvalue weighted by Crippen LogP contribution is -2.49. The van der Waals surface area contributed by atoms with Gasteiger partial charge in [-0.05, 0) is 20.0 Å². The van der Waals surface area contributed by atoms with E-state index in [-0.39, 0.29) is 6.54 Å². The van der Waals surface area contributed by atoms with Crippen molar-refractivity contribution in [2.75, 3.05) is 26.7 Å². The maximum atomic E-state index is 10.0. The lowest BCUT2D eigenvalue weighted by atomic mass is 10.0. The molecule has 4 atom stereocenters. The fourth-order valence-electron chi connectivity index (χ4n) is 4.72. The molecule has 6 nitrogen and oxygen atoms in total. The molecule has 6 heteroatoms. The Kier molecular flexibility index (Phi) is 25.2. The van der Waals surface area contributed by atoms with Gasteiger partial charge in [0.2, 0.25) is 0 Å². The lowest BCUT2D eigenvalue weighted by molar-refractivity contribution is -0.118. The number of rotatable bonds is 27. The first-order chi connectivity index (χ1) is 16.9. The predicted octanol–water partition coefficient (Wildman–Crippen LogP) is 5.18. The van der Waals surface area contributed by atoms with Crippen LogP contribution in [-0.4, -0.2) is 81.6 Å². The van der Waals surface area contributed by atoms with Crippen molar-refractivity contribution in [2.45, 2.75) is 160 Å². The molecule has 0 saturated heterocycles. The Bertz CT molecular complexity index is 426. The van der Waals surface area contributed by atoms with E-state index in [1.807, 2.05) is 11.9 Å². The average Bonchev–Trinajstić information content (AvgIpc) is 2.85. The SMILES string of the molecule is CCCCCCCCCCCCCCCCCCCCCCN(C)CC(O)C(O)C(O)C(O)CO. The molecule has 0 aromatic rings. The molecule has 4 unspecified atom stereocenters. The number of likely N-dealkylation sites (N-methyl/N-ethyl adjacent to an activating group) is 1. The van der Waals surface area contributed by atoms with Gasteiger partial charge in [-0.25, -0.2) is 0 Å². The van der Waals surface area contributed by atoms with Gasteiger partial charge in [-0.1, -0.05) is 129 Å². The van der Waals surface area contributed by atoms with Gasteiger partial charge >= 0.3 is 0 Å². The normalized spacial score (nSPS) is 15.4. The van der Waals surface area contributed by atoms with Gasteiger partial charge in [-0.15, -0.1) is 0 Å². The van der Waals surface area contributed by atoms with Gasteiger partial charge in [-0.2, -0.15) is 0 Å². The van der Waals surface area contributed by atoms with Crippen molar-refractivity contribution in [2.24, 2.45) is 0 Å². The predicted molar refractivity (Wildman–Crippen MR) is 147 cm³/mol. The Hall–Kier alpha value is -0.240. The highest BCUT2D eigenvalue weighted by Gasteiger charge is 2.30. The molecule has 0 heterocycles. The molecule has 5 N–H and O–H groups in total. The quantitative estimate of drug-likeness (QED) is 0.0990. The van der Waals surface area contributed by atoms with Crippen LogP contribution in [0, 0.1) is 0 Å². The third kappa shape index (κ3) is 21.5. The first-order valence-electron chi connectivity index (χ1n) is 15.0. The van der Waals surface area contributed by atoms with Crippen molar-refractivity contribution in [3.8, 4) is 0 Å². The van der Waals surface area contributed by atoms with Gasteiger partial charge in [0.05, 0.1) is 12.7 Å². The number of unbranched alkanes of at least 4 members (excludes halogenated alkanes) is 19. The van der Waals surface area contributed by atoms with E-state index in [4.69, 9.17) is 5.11 Å². The summed E-state index contributed by atoms with van der Waals surface area (Å²) in [6, 6.07) is 0. The number of aliphatic hydroxyl groups is 5. The van der Waals surface area contributed by atoms with Crippen LogP contribution in [0.1, 0.15) is 135 Å². The summed E-state index contributed by atoms with van der Waals surface area (Å²) in [6.07, 6.45) is 21.6. The number of nitrogens with zero attached hydrogens (tertiary/aromatic N) is 1. The van der Waals surface area contributed by atoms with E-state index in [2.05, 4.69) is 6.92 Å². The van der Waals surface area contributed by atoms with Crippen molar-refractivity contribution >= 4 is 0 Å². The van der Waals surface area contributed by atoms with E-state index in [0.29, 0.717) is 0 Å². The first kappa shape index (κ1) is 34.8. The van der Waals surface area contributed by atoms with Gasteiger partial charge in [0.15, 0.2) is 0 Å². The fraction of sp³-hybridized carbons (Fsp3) is 1.00. The highest BCUT2D eigenvalue weighted by molar-refractivity contribution is 4.82. The fourth-order valence-corrected chi connectivity index (χ4v) is 4.72. The van der Waals surface area contributed by atoms with Crippen LogP contribution in [0.5, 0.6) is 0 Å². The molecular formula is C29H61NO5. The van der Waals surface area contributed by atoms with Crippen LogP contribution in [0.15, 0.2) is 0 Å². The van der Waals surface area contributed by atoms with Crippen LogP contribution in [0.3, 0.4) is 0 Å². The summed E-state index contributed by atoms with van der Waals surface area (Å²) in [6.45, 7) is 2.67. The van der Waals surface area contributed by atoms with Gasteiger partial charge in [0.1, 0.15) is 18.3 Å². The summed E-state index contributed by atoms with van der Waals surface area (Å²) in [4.78, 5) is 1.93. The number of hydrogen-bond acceptors (Lipinski definition) is 6. The Morgan fingerprint density at radius 2 is 0.800 bits per heavy atom. The highest BCUT2D eigenvalue weighted by Crippen LogP contribution is 2.15. The maximum Gasteiger partial charge on any atom is 0.111 e. The molecule has 0 rings (SSSR count). The number of hydrogen-bond donors (Lipinski definition) is 5. The number of aliphatic hydroxyl groups excluding tert-OH is 5. The van der Waals surface area contributed by atoms with Gasteiger partial charge in [-0.3, -0.25) is 0 Å². The van der Waals surface area contributed by atoms with Crippen LogP contribution in [0.4, 0.5) is 0 Å². The summed E-state index contributed by atoms with van der Waals surface area (Å²) < 4.78 is 0. The van der Waals surface area contributed by atoms with Crippen molar-refractivity contribution in [1.82, 2.24) is 4.90 Å². The van der Waals surface area contributed by atoms with Crippen LogP contribution in [-0.2, 0) is 0 Å². The van der Waals surface area contributed by atoms with E-state index in [1.54, 1.807) is 0 Å². The third-order valence-corrected chi connectivity index (χ3v) is 7.22. The van der Waals surface area contributed by atoms with E-state index in [9.17, 15) is 20.4 Å². The Labute approximate surface area is 217 Å². The van der Waals surface area contributed by atoms with Gasteiger partial charge in [0, 0.05) is 6.54 Å². The van der Waals surface area contributed by atoms with E-state index in [0.717, 1.165) is 19.4 Å². The third-order valence-electron chi connectivity index (χ3n) is 7.22. The molecule has 0 aliphatic carbocycles. The Balaban J connectivity index is 3.37. The minimum absolute atomic E-state index is 0.218. The molecule has 0 fully saturated rings. The van der Waals surface area contributed by atoms with Crippen LogP contribution < -0.4 is 0 Å². The maximum absolute atomic E-state index is 10.0. The minimum atomic E-state index is -1.55. The standard InChI is InChI=1S/C29H61NO5/c1-3-4-5-6-7-8-9-10-11-12-13-14-15-16-17-18-19-20-21-22-23-30(2)24-26(32)28(34)29(35)27(33)25-31/h26-29,31-35H,3-25H2,1-2H3. The highest BCUT2D eigenvalue weighted by atomic mass is 16.4. The molecule has 0 aromatic heterocycles. The first-order valence-corrected chi connectivity index (χ1v) is 15.0. The van der Waals surface area contributed by atoms with Crippen LogP contribution in [0.2, 0.25) is 0 Å². The van der Waals surface area contributed by atoms with Crippen molar-refractivity contribution < 1.29 is 25.5 Å². The monoisotopic (exact) mass is 503 g/mol. The molecule has 0 aromatic carbocycles.